The van der Waals surface area contributed by atoms with Crippen LogP contribution in [-0.2, 0) is 6.54 Å². The van der Waals surface area contributed by atoms with Crippen molar-refractivity contribution < 1.29 is 9.84 Å². The zero-order chi connectivity index (χ0) is 13.0. The van der Waals surface area contributed by atoms with E-state index in [-0.39, 0.29) is 6.61 Å². The molecule has 2 rings (SSSR count). The van der Waals surface area contributed by atoms with Gasteiger partial charge in [0.25, 0.3) is 0 Å². The highest BCUT2D eigenvalue weighted by Crippen LogP contribution is 2.31. The third-order valence-electron chi connectivity index (χ3n) is 3.68. The summed E-state index contributed by atoms with van der Waals surface area (Å²) in [4.78, 5) is 2.35. The molecule has 0 spiro atoms. The average molecular weight is 250 g/mol. The van der Waals surface area contributed by atoms with Crippen LogP contribution in [-0.4, -0.2) is 31.9 Å². The first kappa shape index (κ1) is 13.2. The molecule has 1 aromatic rings. The number of aliphatic hydroxyl groups excluding tert-OH is 1. The van der Waals surface area contributed by atoms with Crippen LogP contribution in [0.15, 0.2) is 18.2 Å². The zero-order valence-corrected chi connectivity index (χ0v) is 10.9. The summed E-state index contributed by atoms with van der Waals surface area (Å²) < 4.78 is 5.28. The fraction of sp³-hybridized carbons (Fsp3) is 0.571. The van der Waals surface area contributed by atoms with Crippen molar-refractivity contribution in [1.29, 1.82) is 0 Å². The molecule has 4 nitrogen and oxygen atoms in total. The molecule has 1 atom stereocenters. The molecule has 18 heavy (non-hydrogen) atoms. The first-order valence-electron chi connectivity index (χ1n) is 6.51. The summed E-state index contributed by atoms with van der Waals surface area (Å²) in [6.07, 6.45) is 2.03. The largest absolute Gasteiger partial charge is 0.497 e. The van der Waals surface area contributed by atoms with E-state index < -0.39 is 0 Å². The van der Waals surface area contributed by atoms with Crippen LogP contribution in [0.5, 0.6) is 5.75 Å². The average Bonchev–Trinajstić information content (AvgIpc) is 2.87. The molecule has 1 fully saturated rings. The van der Waals surface area contributed by atoms with Crippen LogP contribution in [0.2, 0.25) is 0 Å². The molecule has 3 N–H and O–H groups in total. The van der Waals surface area contributed by atoms with E-state index in [9.17, 15) is 0 Å². The molecular weight excluding hydrogens is 228 g/mol. The van der Waals surface area contributed by atoms with Crippen molar-refractivity contribution in [3.05, 3.63) is 23.8 Å². The van der Waals surface area contributed by atoms with Crippen molar-refractivity contribution in [2.75, 3.05) is 31.7 Å². The molecular formula is C14H22N2O2. The van der Waals surface area contributed by atoms with Crippen molar-refractivity contribution in [2.24, 2.45) is 11.7 Å². The lowest BCUT2D eigenvalue weighted by molar-refractivity contribution is 0.263. The maximum Gasteiger partial charge on any atom is 0.120 e. The number of nitrogens with zero attached hydrogens (tertiary/aromatic N) is 1. The van der Waals surface area contributed by atoms with E-state index in [2.05, 4.69) is 11.0 Å². The number of hydrogen-bond donors (Lipinski definition) is 2. The predicted octanol–water partition coefficient (Wildman–Crippen LogP) is 1.36. The second kappa shape index (κ2) is 6.07. The van der Waals surface area contributed by atoms with Gasteiger partial charge in [0, 0.05) is 38.0 Å². The summed E-state index contributed by atoms with van der Waals surface area (Å²) in [6, 6.07) is 6.05. The van der Waals surface area contributed by atoms with Gasteiger partial charge >= 0.3 is 0 Å². The van der Waals surface area contributed by atoms with Crippen LogP contribution >= 0.6 is 0 Å². The Balaban J connectivity index is 2.16. The lowest BCUT2D eigenvalue weighted by Gasteiger charge is -2.22. The van der Waals surface area contributed by atoms with Gasteiger partial charge in [-0.3, -0.25) is 0 Å². The van der Waals surface area contributed by atoms with Gasteiger partial charge in [0.05, 0.1) is 7.11 Å². The molecule has 1 aliphatic heterocycles. The summed E-state index contributed by atoms with van der Waals surface area (Å²) in [5, 5.41) is 9.01. The molecule has 1 unspecified atom stereocenters. The van der Waals surface area contributed by atoms with Crippen LogP contribution in [0.3, 0.4) is 0 Å². The zero-order valence-electron chi connectivity index (χ0n) is 10.9. The molecule has 1 saturated heterocycles. The highest BCUT2D eigenvalue weighted by molar-refractivity contribution is 5.58. The number of rotatable bonds is 5. The molecule has 0 amide bonds. The molecule has 1 heterocycles. The summed E-state index contributed by atoms with van der Waals surface area (Å²) >= 11 is 0. The van der Waals surface area contributed by atoms with Crippen molar-refractivity contribution >= 4 is 5.69 Å². The number of aliphatic hydroxyl groups is 1. The normalized spacial score (nSPS) is 19.3. The van der Waals surface area contributed by atoms with Gasteiger partial charge in [-0.15, -0.1) is 0 Å². The van der Waals surface area contributed by atoms with E-state index in [1.54, 1.807) is 7.11 Å². The second-order valence-corrected chi connectivity index (χ2v) is 4.81. The van der Waals surface area contributed by atoms with E-state index in [1.807, 2.05) is 12.1 Å². The topological polar surface area (TPSA) is 58.7 Å². The summed E-state index contributed by atoms with van der Waals surface area (Å²) in [6.45, 7) is 2.85. The monoisotopic (exact) mass is 250 g/mol. The van der Waals surface area contributed by atoms with E-state index in [4.69, 9.17) is 15.6 Å². The van der Waals surface area contributed by atoms with Crippen LogP contribution < -0.4 is 15.4 Å². The molecule has 0 saturated carbocycles. The third kappa shape index (κ3) is 2.76. The van der Waals surface area contributed by atoms with Gasteiger partial charge < -0.3 is 20.5 Å². The van der Waals surface area contributed by atoms with Gasteiger partial charge in [-0.2, -0.15) is 0 Å². The quantitative estimate of drug-likeness (QED) is 0.828. The summed E-state index contributed by atoms with van der Waals surface area (Å²) in [7, 11) is 1.68. The fourth-order valence-corrected chi connectivity index (χ4v) is 2.61. The maximum absolute atomic E-state index is 9.01. The van der Waals surface area contributed by atoms with Gasteiger partial charge in [-0.05, 0) is 30.4 Å². The molecule has 100 valence electrons. The van der Waals surface area contributed by atoms with E-state index in [0.29, 0.717) is 12.5 Å². The third-order valence-corrected chi connectivity index (χ3v) is 3.68. The first-order valence-corrected chi connectivity index (χ1v) is 6.51. The predicted molar refractivity (Wildman–Crippen MR) is 72.9 cm³/mol. The number of nitrogens with two attached hydrogens (primary N) is 1. The maximum atomic E-state index is 9.01. The van der Waals surface area contributed by atoms with Crippen LogP contribution in [0, 0.1) is 5.92 Å². The molecule has 0 radical (unpaired) electrons. The highest BCUT2D eigenvalue weighted by atomic mass is 16.5. The standard InChI is InChI=1S/C14H22N2O2/c1-18-13-3-2-12(9-15)14(8-13)16-6-4-11(10-16)5-7-17/h2-3,8,11,17H,4-7,9-10,15H2,1H3. The minimum atomic E-state index is 0.278. The minimum Gasteiger partial charge on any atom is -0.497 e. The number of methoxy groups -OCH3 is 1. The van der Waals surface area contributed by atoms with E-state index >= 15 is 0 Å². The van der Waals surface area contributed by atoms with E-state index in [1.165, 1.54) is 5.69 Å². The molecule has 1 aliphatic rings. The number of hydrogen-bond acceptors (Lipinski definition) is 4. The van der Waals surface area contributed by atoms with Gasteiger partial charge in [-0.25, -0.2) is 0 Å². The van der Waals surface area contributed by atoms with Crippen molar-refractivity contribution in [2.45, 2.75) is 19.4 Å². The van der Waals surface area contributed by atoms with Crippen molar-refractivity contribution in [1.82, 2.24) is 0 Å². The Bertz CT molecular complexity index is 395. The number of benzene rings is 1. The SMILES string of the molecule is COc1ccc(CN)c(N2CCC(CCO)C2)c1. The van der Waals surface area contributed by atoms with Crippen molar-refractivity contribution in [3.63, 3.8) is 0 Å². The van der Waals surface area contributed by atoms with Crippen LogP contribution in [0.1, 0.15) is 18.4 Å². The van der Waals surface area contributed by atoms with Gasteiger partial charge in [-0.1, -0.05) is 6.07 Å². The van der Waals surface area contributed by atoms with Gasteiger partial charge in [0.2, 0.25) is 0 Å². The van der Waals surface area contributed by atoms with E-state index in [0.717, 1.165) is 37.2 Å². The Kier molecular flexibility index (Phi) is 4.44. The molecule has 0 bridgehead atoms. The first-order chi connectivity index (χ1) is 8.78. The Morgan fingerprint density at radius 1 is 1.50 bits per heavy atom. The number of anilines is 1. The second-order valence-electron chi connectivity index (χ2n) is 4.81. The Hall–Kier alpha value is -1.26. The summed E-state index contributed by atoms with van der Waals surface area (Å²) in [5.74, 6) is 1.46. The Labute approximate surface area is 108 Å². The lowest BCUT2D eigenvalue weighted by Crippen LogP contribution is -2.22. The molecule has 1 aromatic carbocycles. The van der Waals surface area contributed by atoms with Gasteiger partial charge in [0.1, 0.15) is 5.75 Å². The fourth-order valence-electron chi connectivity index (χ4n) is 2.61. The molecule has 0 aliphatic carbocycles. The van der Waals surface area contributed by atoms with Crippen LogP contribution in [0.4, 0.5) is 5.69 Å². The minimum absolute atomic E-state index is 0.278. The Morgan fingerprint density at radius 2 is 2.33 bits per heavy atom. The van der Waals surface area contributed by atoms with Gasteiger partial charge in [0.15, 0.2) is 0 Å². The van der Waals surface area contributed by atoms with Crippen LogP contribution in [0.25, 0.3) is 0 Å². The molecule has 4 heteroatoms. The van der Waals surface area contributed by atoms with Crippen molar-refractivity contribution in [3.8, 4) is 5.75 Å². The summed E-state index contributed by atoms with van der Waals surface area (Å²) in [5.41, 5.74) is 8.13. The molecule has 0 aromatic heterocycles. The highest BCUT2D eigenvalue weighted by Gasteiger charge is 2.23. The number of ether oxygens (including phenoxy) is 1. The Morgan fingerprint density at radius 3 is 3.00 bits per heavy atom. The lowest BCUT2D eigenvalue weighted by atomic mass is 10.1. The smallest absolute Gasteiger partial charge is 0.120 e.